The van der Waals surface area contributed by atoms with E-state index in [1.807, 2.05) is 6.92 Å². The quantitative estimate of drug-likeness (QED) is 0.751. The van der Waals surface area contributed by atoms with Crippen LogP contribution < -0.4 is 0 Å². The summed E-state index contributed by atoms with van der Waals surface area (Å²) in [5.41, 5.74) is 1.30. The van der Waals surface area contributed by atoms with Gasteiger partial charge in [0, 0.05) is 11.5 Å². The van der Waals surface area contributed by atoms with Gasteiger partial charge in [-0.3, -0.25) is 0 Å². The van der Waals surface area contributed by atoms with Crippen molar-refractivity contribution in [3.63, 3.8) is 0 Å². The van der Waals surface area contributed by atoms with Gasteiger partial charge in [0.15, 0.2) is 0 Å². The predicted molar refractivity (Wildman–Crippen MR) is 54.3 cm³/mol. The third-order valence-corrected chi connectivity index (χ3v) is 2.52. The molecule has 0 aliphatic carbocycles. The topological polar surface area (TPSA) is 70.7 Å². The van der Waals surface area contributed by atoms with E-state index in [-0.39, 0.29) is 11.3 Å². The smallest absolute Gasteiger partial charge is 0.339 e. The summed E-state index contributed by atoms with van der Waals surface area (Å²) in [6, 6.07) is 2.76. The number of aromatic carboxylic acids is 1. The van der Waals surface area contributed by atoms with Crippen molar-refractivity contribution in [1.82, 2.24) is 0 Å². The molecule has 0 aliphatic heterocycles. The number of fused-ring (bicyclic) bond motifs is 1. The Morgan fingerprint density at radius 1 is 1.33 bits per heavy atom. The van der Waals surface area contributed by atoms with Crippen LogP contribution in [-0.4, -0.2) is 16.2 Å². The zero-order valence-electron chi connectivity index (χ0n) is 8.37. The Morgan fingerprint density at radius 2 is 2.00 bits per heavy atom. The molecule has 4 heteroatoms. The van der Waals surface area contributed by atoms with Crippen molar-refractivity contribution in [2.75, 3.05) is 0 Å². The minimum absolute atomic E-state index is 0.105. The number of aromatic hydroxyl groups is 1. The molecule has 2 aromatic rings. The van der Waals surface area contributed by atoms with E-state index >= 15 is 0 Å². The van der Waals surface area contributed by atoms with E-state index in [1.54, 1.807) is 6.92 Å². The molecule has 0 fully saturated rings. The number of rotatable bonds is 1. The minimum atomic E-state index is -1.15. The average molecular weight is 206 g/mol. The van der Waals surface area contributed by atoms with Gasteiger partial charge >= 0.3 is 5.97 Å². The van der Waals surface area contributed by atoms with Crippen LogP contribution in [0.2, 0.25) is 0 Å². The average Bonchev–Trinajstić information content (AvgIpc) is 2.41. The molecule has 15 heavy (non-hydrogen) atoms. The van der Waals surface area contributed by atoms with Crippen LogP contribution in [0.15, 0.2) is 16.5 Å². The van der Waals surface area contributed by atoms with Crippen molar-refractivity contribution in [3.8, 4) is 5.75 Å². The number of hydrogen-bond acceptors (Lipinski definition) is 3. The Labute approximate surface area is 85.8 Å². The van der Waals surface area contributed by atoms with Gasteiger partial charge in [0.25, 0.3) is 0 Å². The molecule has 0 spiro atoms. The molecule has 0 atom stereocenters. The summed E-state index contributed by atoms with van der Waals surface area (Å²) < 4.78 is 5.36. The lowest BCUT2D eigenvalue weighted by atomic mass is 10.1. The summed E-state index contributed by atoms with van der Waals surface area (Å²) in [5.74, 6) is -0.691. The maximum atomic E-state index is 10.8. The fourth-order valence-corrected chi connectivity index (χ4v) is 1.55. The van der Waals surface area contributed by atoms with E-state index in [9.17, 15) is 9.90 Å². The second-order valence-electron chi connectivity index (χ2n) is 3.45. The van der Waals surface area contributed by atoms with E-state index in [0.717, 1.165) is 16.7 Å². The highest BCUT2D eigenvalue weighted by molar-refractivity contribution is 5.97. The van der Waals surface area contributed by atoms with Gasteiger partial charge in [-0.05, 0) is 25.5 Å². The number of aryl methyl sites for hydroxylation is 2. The number of hydrogen-bond donors (Lipinski definition) is 2. The van der Waals surface area contributed by atoms with Gasteiger partial charge in [-0.15, -0.1) is 0 Å². The molecule has 0 saturated heterocycles. The second-order valence-corrected chi connectivity index (χ2v) is 3.45. The molecule has 2 rings (SSSR count). The van der Waals surface area contributed by atoms with Crippen molar-refractivity contribution in [2.45, 2.75) is 13.8 Å². The van der Waals surface area contributed by atoms with Crippen molar-refractivity contribution in [2.24, 2.45) is 0 Å². The maximum Gasteiger partial charge on any atom is 0.339 e. The number of carbonyl (C=O) groups is 1. The summed E-state index contributed by atoms with van der Waals surface area (Å²) in [6.07, 6.45) is 0. The zero-order chi connectivity index (χ0) is 11.2. The first-order chi connectivity index (χ1) is 7.00. The fourth-order valence-electron chi connectivity index (χ4n) is 1.55. The third kappa shape index (κ3) is 1.34. The number of furan rings is 1. The minimum Gasteiger partial charge on any atom is -0.507 e. The standard InChI is InChI=1S/C11H10O4/c1-5-6(2)15-10-4-9(12)8(11(13)14)3-7(5)10/h3-4,12H,1-2H3,(H,13,14). The van der Waals surface area contributed by atoms with Gasteiger partial charge < -0.3 is 14.6 Å². The van der Waals surface area contributed by atoms with Crippen LogP contribution in [0.4, 0.5) is 0 Å². The first-order valence-electron chi connectivity index (χ1n) is 4.46. The van der Waals surface area contributed by atoms with E-state index in [0.29, 0.717) is 5.58 Å². The maximum absolute atomic E-state index is 10.8. The van der Waals surface area contributed by atoms with Gasteiger partial charge in [-0.2, -0.15) is 0 Å². The third-order valence-electron chi connectivity index (χ3n) is 2.52. The molecule has 4 nitrogen and oxygen atoms in total. The Hall–Kier alpha value is -1.97. The number of carboxylic acids is 1. The summed E-state index contributed by atoms with van der Waals surface area (Å²) >= 11 is 0. The summed E-state index contributed by atoms with van der Waals surface area (Å²) in [6.45, 7) is 3.65. The Morgan fingerprint density at radius 3 is 2.60 bits per heavy atom. The number of phenols is 1. The molecule has 1 aromatic carbocycles. The highest BCUT2D eigenvalue weighted by Crippen LogP contribution is 2.30. The van der Waals surface area contributed by atoms with Gasteiger partial charge in [-0.25, -0.2) is 4.79 Å². The molecule has 0 amide bonds. The Bertz CT molecular complexity index is 551. The number of carboxylic acid groups (broad SMARTS) is 1. The predicted octanol–water partition coefficient (Wildman–Crippen LogP) is 2.45. The zero-order valence-corrected chi connectivity index (χ0v) is 8.37. The largest absolute Gasteiger partial charge is 0.507 e. The van der Waals surface area contributed by atoms with Crippen molar-refractivity contribution in [3.05, 3.63) is 29.0 Å². The molecule has 1 aromatic heterocycles. The summed E-state index contributed by atoms with van der Waals surface area (Å²) in [5, 5.41) is 19.0. The van der Waals surface area contributed by atoms with Crippen LogP contribution in [0.5, 0.6) is 5.75 Å². The summed E-state index contributed by atoms with van der Waals surface area (Å²) in [4.78, 5) is 10.8. The van der Waals surface area contributed by atoms with Gasteiger partial charge in [0.05, 0.1) is 0 Å². The molecule has 0 bridgehead atoms. The Kier molecular flexibility index (Phi) is 1.93. The first-order valence-corrected chi connectivity index (χ1v) is 4.46. The van der Waals surface area contributed by atoms with Gasteiger partial charge in [-0.1, -0.05) is 0 Å². The highest BCUT2D eigenvalue weighted by Gasteiger charge is 2.15. The van der Waals surface area contributed by atoms with Crippen molar-refractivity contribution in [1.29, 1.82) is 0 Å². The normalized spacial score (nSPS) is 10.8. The van der Waals surface area contributed by atoms with Crippen molar-refractivity contribution >= 4 is 16.9 Å². The molecule has 0 saturated carbocycles. The lowest BCUT2D eigenvalue weighted by Gasteiger charge is -1.98. The van der Waals surface area contributed by atoms with E-state index in [2.05, 4.69) is 0 Å². The van der Waals surface area contributed by atoms with Gasteiger partial charge in [0.1, 0.15) is 22.7 Å². The lowest BCUT2D eigenvalue weighted by Crippen LogP contribution is -1.96. The van der Waals surface area contributed by atoms with Crippen LogP contribution in [0, 0.1) is 13.8 Å². The SMILES string of the molecule is Cc1oc2cc(O)c(C(=O)O)cc2c1C. The van der Waals surface area contributed by atoms with Crippen LogP contribution in [0.1, 0.15) is 21.7 Å². The van der Waals surface area contributed by atoms with E-state index in [4.69, 9.17) is 9.52 Å². The molecule has 2 N–H and O–H groups in total. The van der Waals surface area contributed by atoms with Crippen molar-refractivity contribution < 1.29 is 19.4 Å². The molecule has 1 heterocycles. The van der Waals surface area contributed by atoms with Crippen LogP contribution in [-0.2, 0) is 0 Å². The lowest BCUT2D eigenvalue weighted by molar-refractivity contribution is 0.0694. The number of benzene rings is 1. The fraction of sp³-hybridized carbons (Fsp3) is 0.182. The van der Waals surface area contributed by atoms with E-state index < -0.39 is 5.97 Å². The molecule has 0 radical (unpaired) electrons. The van der Waals surface area contributed by atoms with Crippen LogP contribution in [0.3, 0.4) is 0 Å². The second kappa shape index (κ2) is 3.02. The summed E-state index contributed by atoms with van der Waals surface area (Å²) in [7, 11) is 0. The van der Waals surface area contributed by atoms with Crippen LogP contribution in [0.25, 0.3) is 11.0 Å². The van der Waals surface area contributed by atoms with Crippen LogP contribution >= 0.6 is 0 Å². The van der Waals surface area contributed by atoms with Gasteiger partial charge in [0.2, 0.25) is 0 Å². The molecule has 0 unspecified atom stereocenters. The first kappa shape index (κ1) is 9.58. The molecule has 78 valence electrons. The Balaban J connectivity index is 2.83. The molecular formula is C11H10O4. The highest BCUT2D eigenvalue weighted by atomic mass is 16.4. The molecular weight excluding hydrogens is 196 g/mol. The monoisotopic (exact) mass is 206 g/mol. The van der Waals surface area contributed by atoms with E-state index in [1.165, 1.54) is 12.1 Å². The molecule has 0 aliphatic rings.